The zero-order chi connectivity index (χ0) is 16.9. The number of hydrogen-bond donors (Lipinski definition) is 0. The number of hydrogen-bond acceptors (Lipinski definition) is 4. The molecule has 0 radical (unpaired) electrons. The highest BCUT2D eigenvalue weighted by Gasteiger charge is 2.54. The molecule has 24 heavy (non-hydrogen) atoms. The van der Waals surface area contributed by atoms with Crippen LogP contribution in [0.25, 0.3) is 0 Å². The molecule has 5 rings (SSSR count). The Hall–Kier alpha value is -1.11. The third kappa shape index (κ3) is 2.95. The van der Waals surface area contributed by atoms with E-state index >= 15 is 0 Å². The summed E-state index contributed by atoms with van der Waals surface area (Å²) in [4.78, 5) is 20.3. The topological polar surface area (TPSA) is 42.9 Å². The van der Waals surface area contributed by atoms with Crippen LogP contribution in [0.4, 0.5) is 13.2 Å². The molecule has 1 heterocycles. The maximum absolute atomic E-state index is 12.9. The van der Waals surface area contributed by atoms with E-state index in [2.05, 4.69) is 9.97 Å². The summed E-state index contributed by atoms with van der Waals surface area (Å²) < 4.78 is 38.1. The minimum absolute atomic E-state index is 0.0305. The number of nitrogens with zero attached hydrogens (tertiary/aromatic N) is 2. The lowest BCUT2D eigenvalue weighted by molar-refractivity contribution is -0.141. The number of alkyl halides is 3. The third-order valence-corrected chi connectivity index (χ3v) is 6.75. The van der Waals surface area contributed by atoms with Gasteiger partial charge in [0.15, 0.2) is 5.16 Å². The normalized spacial score (nSPS) is 34.5. The van der Waals surface area contributed by atoms with E-state index in [1.807, 2.05) is 0 Å². The second-order valence-electron chi connectivity index (χ2n) is 7.63. The van der Waals surface area contributed by atoms with E-state index in [1.165, 1.54) is 19.3 Å². The van der Waals surface area contributed by atoms with Crippen LogP contribution in [0, 0.1) is 23.2 Å². The number of aromatic nitrogens is 2. The molecule has 0 N–H and O–H groups in total. The van der Waals surface area contributed by atoms with Crippen LogP contribution in [0.5, 0.6) is 0 Å². The first-order valence-electron chi connectivity index (χ1n) is 8.40. The van der Waals surface area contributed by atoms with Crippen molar-refractivity contribution in [2.75, 3.05) is 5.75 Å². The molecule has 0 saturated heterocycles. The number of carbonyl (C=O) groups excluding carboxylic acids is 1. The summed E-state index contributed by atoms with van der Waals surface area (Å²) in [5.74, 6) is 2.39. The summed E-state index contributed by atoms with van der Waals surface area (Å²) in [5.41, 5.74) is -1.18. The van der Waals surface area contributed by atoms with Gasteiger partial charge in [-0.05, 0) is 62.3 Å². The minimum Gasteiger partial charge on any atom is -0.298 e. The second-order valence-corrected chi connectivity index (χ2v) is 8.57. The average Bonchev–Trinajstić information content (AvgIpc) is 2.51. The van der Waals surface area contributed by atoms with Crippen LogP contribution >= 0.6 is 11.8 Å². The van der Waals surface area contributed by atoms with Crippen molar-refractivity contribution in [2.24, 2.45) is 23.2 Å². The van der Waals surface area contributed by atoms with Crippen LogP contribution in [0.3, 0.4) is 0 Å². The Morgan fingerprint density at radius 3 is 2.29 bits per heavy atom. The highest BCUT2D eigenvalue weighted by atomic mass is 32.2. The standard InChI is InChI=1S/C17H19F3N2OS/c18-17(19,20)13-1-2-21-15(22-13)24-9-14(23)16-6-10-3-11(7-16)5-12(4-10)8-16/h1-2,10-12H,3-9H2. The molecule has 4 bridgehead atoms. The SMILES string of the molecule is O=C(CSc1nccc(C(F)(F)F)n1)C12CC3CC(CC(C3)C1)C2. The van der Waals surface area contributed by atoms with Crippen LogP contribution in [0.15, 0.2) is 17.4 Å². The fraction of sp³-hybridized carbons (Fsp3) is 0.706. The van der Waals surface area contributed by atoms with Crippen LogP contribution in [0.1, 0.15) is 44.2 Å². The molecule has 4 saturated carbocycles. The Morgan fingerprint density at radius 1 is 1.17 bits per heavy atom. The van der Waals surface area contributed by atoms with Gasteiger partial charge in [0.2, 0.25) is 0 Å². The van der Waals surface area contributed by atoms with Crippen molar-refractivity contribution in [2.45, 2.75) is 49.9 Å². The van der Waals surface area contributed by atoms with Gasteiger partial charge in [-0.25, -0.2) is 9.97 Å². The lowest BCUT2D eigenvalue weighted by atomic mass is 9.48. The summed E-state index contributed by atoms with van der Waals surface area (Å²) >= 11 is 1.04. The number of halogens is 3. The Morgan fingerprint density at radius 2 is 1.75 bits per heavy atom. The summed E-state index contributed by atoms with van der Waals surface area (Å²) in [7, 11) is 0. The molecule has 3 nitrogen and oxygen atoms in total. The fourth-order valence-electron chi connectivity index (χ4n) is 5.30. The van der Waals surface area contributed by atoms with Gasteiger partial charge < -0.3 is 0 Å². The van der Waals surface area contributed by atoms with E-state index in [0.29, 0.717) is 17.8 Å². The largest absolute Gasteiger partial charge is 0.433 e. The summed E-state index contributed by atoms with van der Waals surface area (Å²) in [6.07, 6.45) is 3.32. The van der Waals surface area contributed by atoms with Gasteiger partial charge in [0.05, 0.1) is 5.75 Å². The predicted octanol–water partition coefficient (Wildman–Crippen LogP) is 4.37. The molecule has 0 aliphatic heterocycles. The Labute approximate surface area is 142 Å². The lowest BCUT2D eigenvalue weighted by Gasteiger charge is -2.56. The van der Waals surface area contributed by atoms with E-state index in [9.17, 15) is 18.0 Å². The average molecular weight is 356 g/mol. The molecule has 0 amide bonds. The number of Topliss-reactive ketones (excluding diaryl/α,β-unsaturated/α-hetero) is 1. The molecule has 0 unspecified atom stereocenters. The predicted molar refractivity (Wildman–Crippen MR) is 83.4 cm³/mol. The third-order valence-electron chi connectivity index (χ3n) is 5.89. The maximum atomic E-state index is 12.9. The van der Waals surface area contributed by atoms with Gasteiger partial charge in [-0.2, -0.15) is 13.2 Å². The number of carbonyl (C=O) groups is 1. The Kier molecular flexibility index (Phi) is 3.90. The van der Waals surface area contributed by atoms with Gasteiger partial charge in [0, 0.05) is 11.6 Å². The number of ketones is 1. The lowest BCUT2D eigenvalue weighted by Crippen LogP contribution is -2.50. The first-order valence-corrected chi connectivity index (χ1v) is 9.39. The molecule has 4 fully saturated rings. The van der Waals surface area contributed by atoms with Gasteiger partial charge in [-0.3, -0.25) is 4.79 Å². The van der Waals surface area contributed by atoms with E-state index in [-0.39, 0.29) is 22.1 Å². The van der Waals surface area contributed by atoms with Crippen molar-refractivity contribution in [3.63, 3.8) is 0 Å². The number of rotatable bonds is 4. The molecule has 7 heteroatoms. The molecule has 0 aromatic carbocycles. The minimum atomic E-state index is -4.48. The van der Waals surface area contributed by atoms with Crippen molar-refractivity contribution < 1.29 is 18.0 Å². The van der Waals surface area contributed by atoms with Crippen molar-refractivity contribution in [3.05, 3.63) is 18.0 Å². The molecule has 0 spiro atoms. The fourth-order valence-corrected chi connectivity index (χ4v) is 6.17. The molecule has 1 aromatic heterocycles. The molecule has 130 valence electrons. The molecule has 4 aliphatic rings. The second kappa shape index (κ2) is 5.71. The van der Waals surface area contributed by atoms with E-state index in [0.717, 1.165) is 43.3 Å². The van der Waals surface area contributed by atoms with Gasteiger partial charge in [-0.1, -0.05) is 11.8 Å². The van der Waals surface area contributed by atoms with Gasteiger partial charge in [0.1, 0.15) is 11.5 Å². The molecule has 1 aromatic rings. The first kappa shape index (κ1) is 16.4. The van der Waals surface area contributed by atoms with Gasteiger partial charge in [0.25, 0.3) is 0 Å². The summed E-state index contributed by atoms with van der Waals surface area (Å²) in [6, 6.07) is 0.852. The Balaban J connectivity index is 1.44. The highest BCUT2D eigenvalue weighted by molar-refractivity contribution is 7.99. The first-order chi connectivity index (χ1) is 11.3. The number of thioether (sulfide) groups is 1. The maximum Gasteiger partial charge on any atom is 0.433 e. The van der Waals surface area contributed by atoms with E-state index < -0.39 is 11.9 Å². The van der Waals surface area contributed by atoms with Crippen molar-refractivity contribution in [1.82, 2.24) is 9.97 Å². The smallest absolute Gasteiger partial charge is 0.298 e. The molecular weight excluding hydrogens is 337 g/mol. The summed E-state index contributed by atoms with van der Waals surface area (Å²) in [5, 5.41) is 0.0305. The van der Waals surface area contributed by atoms with Crippen molar-refractivity contribution in [3.8, 4) is 0 Å². The monoisotopic (exact) mass is 356 g/mol. The van der Waals surface area contributed by atoms with Gasteiger partial charge >= 0.3 is 6.18 Å². The molecule has 4 aliphatic carbocycles. The van der Waals surface area contributed by atoms with E-state index in [4.69, 9.17) is 0 Å². The highest BCUT2D eigenvalue weighted by Crippen LogP contribution is 2.60. The Bertz CT molecular complexity index is 626. The zero-order valence-electron chi connectivity index (χ0n) is 13.2. The molecular formula is C17H19F3N2OS. The van der Waals surface area contributed by atoms with Crippen LogP contribution < -0.4 is 0 Å². The van der Waals surface area contributed by atoms with Crippen LogP contribution in [0.2, 0.25) is 0 Å². The van der Waals surface area contributed by atoms with Crippen molar-refractivity contribution >= 4 is 17.5 Å². The zero-order valence-corrected chi connectivity index (χ0v) is 14.0. The van der Waals surface area contributed by atoms with Crippen LogP contribution in [-0.2, 0) is 11.0 Å². The van der Waals surface area contributed by atoms with Crippen molar-refractivity contribution in [1.29, 1.82) is 0 Å². The van der Waals surface area contributed by atoms with Crippen LogP contribution in [-0.4, -0.2) is 21.5 Å². The summed E-state index contributed by atoms with van der Waals surface area (Å²) in [6.45, 7) is 0. The van der Waals surface area contributed by atoms with Gasteiger partial charge in [-0.15, -0.1) is 0 Å². The molecule has 0 atom stereocenters. The quantitative estimate of drug-likeness (QED) is 0.593. The van der Waals surface area contributed by atoms with E-state index in [1.54, 1.807) is 0 Å².